The van der Waals surface area contributed by atoms with Crippen LogP contribution in [0, 0.1) is 5.92 Å². The standard InChI is InChI=1S/C21H23ClN2O5S/c1-29-21(26)17-7-3-5-9-19(17)30(27,28)24-12-10-15(11-13-24)20(25)23-14-16-6-2-4-8-18(16)22/h2-9,15H,10-14H2,1H3,(H,23,25). The van der Waals surface area contributed by atoms with Crippen LogP contribution in [0.5, 0.6) is 0 Å². The van der Waals surface area contributed by atoms with Gasteiger partial charge in [-0.05, 0) is 36.6 Å². The van der Waals surface area contributed by atoms with Gasteiger partial charge in [0.1, 0.15) is 0 Å². The van der Waals surface area contributed by atoms with E-state index in [2.05, 4.69) is 5.32 Å². The van der Waals surface area contributed by atoms with Crippen molar-refractivity contribution in [2.24, 2.45) is 5.92 Å². The molecule has 1 saturated heterocycles. The van der Waals surface area contributed by atoms with Gasteiger partial charge >= 0.3 is 5.97 Å². The third-order valence-corrected chi connectivity index (χ3v) is 7.47. The first-order valence-electron chi connectivity index (χ1n) is 9.53. The maximum Gasteiger partial charge on any atom is 0.339 e. The summed E-state index contributed by atoms with van der Waals surface area (Å²) in [5.41, 5.74) is 0.826. The molecule has 0 aliphatic carbocycles. The topological polar surface area (TPSA) is 92.8 Å². The highest BCUT2D eigenvalue weighted by Gasteiger charge is 2.34. The van der Waals surface area contributed by atoms with Gasteiger partial charge < -0.3 is 10.1 Å². The molecule has 9 heteroatoms. The second kappa shape index (κ2) is 9.59. The number of methoxy groups -OCH3 is 1. The highest BCUT2D eigenvalue weighted by Crippen LogP contribution is 2.26. The summed E-state index contributed by atoms with van der Waals surface area (Å²) >= 11 is 6.11. The first-order valence-corrected chi connectivity index (χ1v) is 11.3. The first kappa shape index (κ1) is 22.3. The number of benzene rings is 2. The molecule has 1 aliphatic heterocycles. The zero-order valence-corrected chi connectivity index (χ0v) is 18.1. The summed E-state index contributed by atoms with van der Waals surface area (Å²) in [6.07, 6.45) is 0.794. The summed E-state index contributed by atoms with van der Waals surface area (Å²) in [6.45, 7) is 0.716. The molecule has 0 unspecified atom stereocenters. The number of halogens is 1. The second-order valence-electron chi connectivity index (χ2n) is 6.98. The van der Waals surface area contributed by atoms with Crippen molar-refractivity contribution in [3.63, 3.8) is 0 Å². The van der Waals surface area contributed by atoms with Crippen LogP contribution < -0.4 is 5.32 Å². The molecule has 0 radical (unpaired) electrons. The molecule has 30 heavy (non-hydrogen) atoms. The van der Waals surface area contributed by atoms with Gasteiger partial charge in [0.05, 0.1) is 17.6 Å². The number of nitrogens with zero attached hydrogens (tertiary/aromatic N) is 1. The average Bonchev–Trinajstić information content (AvgIpc) is 2.78. The zero-order chi connectivity index (χ0) is 21.7. The number of carbonyl (C=O) groups is 2. The Morgan fingerprint density at radius 3 is 2.40 bits per heavy atom. The molecule has 7 nitrogen and oxygen atoms in total. The molecule has 3 rings (SSSR count). The van der Waals surface area contributed by atoms with E-state index in [1.165, 1.54) is 23.5 Å². The second-order valence-corrected chi connectivity index (χ2v) is 9.29. The molecule has 0 atom stereocenters. The van der Waals surface area contributed by atoms with Crippen LogP contribution >= 0.6 is 11.6 Å². The van der Waals surface area contributed by atoms with Crippen LogP contribution in [0.3, 0.4) is 0 Å². The van der Waals surface area contributed by atoms with E-state index < -0.39 is 16.0 Å². The fraction of sp³-hybridized carbons (Fsp3) is 0.333. The summed E-state index contributed by atoms with van der Waals surface area (Å²) in [4.78, 5) is 24.4. The number of hydrogen-bond donors (Lipinski definition) is 1. The minimum Gasteiger partial charge on any atom is -0.465 e. The molecule has 2 aromatic carbocycles. The van der Waals surface area contributed by atoms with E-state index in [0.717, 1.165) is 5.56 Å². The Morgan fingerprint density at radius 2 is 1.73 bits per heavy atom. The zero-order valence-electron chi connectivity index (χ0n) is 16.5. The number of piperidine rings is 1. The van der Waals surface area contributed by atoms with Crippen LogP contribution in [-0.2, 0) is 26.1 Å². The number of amides is 1. The SMILES string of the molecule is COC(=O)c1ccccc1S(=O)(=O)N1CCC(C(=O)NCc2ccccc2Cl)CC1. The fourth-order valence-corrected chi connectivity index (χ4v) is 5.29. The van der Waals surface area contributed by atoms with Gasteiger partial charge in [-0.3, -0.25) is 4.79 Å². The molecule has 0 saturated carbocycles. The fourth-order valence-electron chi connectivity index (χ4n) is 3.44. The van der Waals surface area contributed by atoms with Crippen LogP contribution in [0.1, 0.15) is 28.8 Å². The lowest BCUT2D eigenvalue weighted by Gasteiger charge is -2.31. The number of carbonyl (C=O) groups excluding carboxylic acids is 2. The van der Waals surface area contributed by atoms with Gasteiger partial charge in [-0.1, -0.05) is 41.9 Å². The quantitative estimate of drug-likeness (QED) is 0.683. The summed E-state index contributed by atoms with van der Waals surface area (Å²) in [5, 5.41) is 3.46. The van der Waals surface area contributed by atoms with Crippen molar-refractivity contribution in [1.82, 2.24) is 9.62 Å². The van der Waals surface area contributed by atoms with E-state index >= 15 is 0 Å². The van der Waals surface area contributed by atoms with Crippen LogP contribution in [0.25, 0.3) is 0 Å². The Kier molecular flexibility index (Phi) is 7.12. The molecule has 2 aromatic rings. The third-order valence-electron chi connectivity index (χ3n) is 5.15. The van der Waals surface area contributed by atoms with Crippen LogP contribution in [-0.4, -0.2) is 44.8 Å². The smallest absolute Gasteiger partial charge is 0.339 e. The van der Waals surface area contributed by atoms with Crippen LogP contribution in [0.15, 0.2) is 53.4 Å². The van der Waals surface area contributed by atoms with E-state index in [1.54, 1.807) is 18.2 Å². The van der Waals surface area contributed by atoms with E-state index in [4.69, 9.17) is 16.3 Å². The Labute approximate surface area is 181 Å². The van der Waals surface area contributed by atoms with Gasteiger partial charge in [0.2, 0.25) is 15.9 Å². The summed E-state index contributed by atoms with van der Waals surface area (Å²) in [5.74, 6) is -1.11. The lowest BCUT2D eigenvalue weighted by atomic mass is 9.97. The number of rotatable bonds is 6. The number of hydrogen-bond acceptors (Lipinski definition) is 5. The van der Waals surface area contributed by atoms with Crippen molar-refractivity contribution in [2.45, 2.75) is 24.3 Å². The van der Waals surface area contributed by atoms with Crippen molar-refractivity contribution in [2.75, 3.05) is 20.2 Å². The number of ether oxygens (including phenoxy) is 1. The number of esters is 1. The van der Waals surface area contributed by atoms with E-state index in [1.807, 2.05) is 18.2 Å². The first-order chi connectivity index (χ1) is 14.3. The largest absolute Gasteiger partial charge is 0.465 e. The van der Waals surface area contributed by atoms with Crippen molar-refractivity contribution in [3.05, 3.63) is 64.7 Å². The molecule has 1 amide bonds. The third kappa shape index (κ3) is 4.83. The van der Waals surface area contributed by atoms with Gasteiger partial charge in [0, 0.05) is 30.6 Å². The normalized spacial score (nSPS) is 15.5. The Balaban J connectivity index is 1.63. The van der Waals surface area contributed by atoms with Gasteiger partial charge in [0.25, 0.3) is 0 Å². The molecule has 1 heterocycles. The molecule has 1 N–H and O–H groups in total. The minimum absolute atomic E-state index is 0.000365. The number of sulfonamides is 1. The monoisotopic (exact) mass is 450 g/mol. The molecular formula is C21H23ClN2O5S. The molecule has 0 bridgehead atoms. The Morgan fingerprint density at radius 1 is 1.10 bits per heavy atom. The van der Waals surface area contributed by atoms with Gasteiger partial charge in [-0.15, -0.1) is 0 Å². The summed E-state index contributed by atoms with van der Waals surface area (Å²) in [6, 6.07) is 13.2. The van der Waals surface area contributed by atoms with E-state index in [-0.39, 0.29) is 35.4 Å². The van der Waals surface area contributed by atoms with E-state index in [0.29, 0.717) is 24.4 Å². The molecule has 160 valence electrons. The van der Waals surface area contributed by atoms with Crippen molar-refractivity contribution < 1.29 is 22.7 Å². The molecule has 0 spiro atoms. The molecule has 1 fully saturated rings. The average molecular weight is 451 g/mol. The lowest BCUT2D eigenvalue weighted by molar-refractivity contribution is -0.126. The summed E-state index contributed by atoms with van der Waals surface area (Å²) < 4.78 is 32.1. The predicted octanol–water partition coefficient (Wildman–Crippen LogP) is 2.84. The number of nitrogens with one attached hydrogen (secondary N) is 1. The van der Waals surface area contributed by atoms with Gasteiger partial charge in [-0.2, -0.15) is 4.31 Å². The van der Waals surface area contributed by atoms with Gasteiger partial charge in [0.15, 0.2) is 0 Å². The minimum atomic E-state index is -3.87. The van der Waals surface area contributed by atoms with Crippen LogP contribution in [0.2, 0.25) is 5.02 Å². The Bertz CT molecular complexity index is 1030. The van der Waals surface area contributed by atoms with Crippen molar-refractivity contribution in [1.29, 1.82) is 0 Å². The van der Waals surface area contributed by atoms with Crippen molar-refractivity contribution in [3.8, 4) is 0 Å². The maximum atomic E-state index is 13.1. The summed E-state index contributed by atoms with van der Waals surface area (Å²) in [7, 11) is -2.67. The Hall–Kier alpha value is -2.42. The van der Waals surface area contributed by atoms with E-state index in [9.17, 15) is 18.0 Å². The van der Waals surface area contributed by atoms with Crippen LogP contribution in [0.4, 0.5) is 0 Å². The highest BCUT2D eigenvalue weighted by molar-refractivity contribution is 7.89. The highest BCUT2D eigenvalue weighted by atomic mass is 35.5. The predicted molar refractivity (Wildman–Crippen MR) is 113 cm³/mol. The van der Waals surface area contributed by atoms with Gasteiger partial charge in [-0.25, -0.2) is 13.2 Å². The van der Waals surface area contributed by atoms with Crippen molar-refractivity contribution >= 4 is 33.5 Å². The lowest BCUT2D eigenvalue weighted by Crippen LogP contribution is -2.43. The maximum absolute atomic E-state index is 13.1. The molecule has 1 aliphatic rings. The molecular weight excluding hydrogens is 428 g/mol. The molecule has 0 aromatic heterocycles.